The number of rotatable bonds is 4. The molecule has 1 heterocycles. The van der Waals surface area contributed by atoms with Crippen molar-refractivity contribution in [1.82, 2.24) is 15.0 Å². The number of nitrogens with zero attached hydrogens (tertiary/aromatic N) is 4. The lowest BCUT2D eigenvalue weighted by atomic mass is 10.0. The molecule has 1 aliphatic carbocycles. The Bertz CT molecular complexity index is 781. The highest BCUT2D eigenvalue weighted by atomic mass is 19.1. The average Bonchev–Trinajstić information content (AvgIpc) is 3.21. The predicted molar refractivity (Wildman–Crippen MR) is 83.4 cm³/mol. The van der Waals surface area contributed by atoms with Crippen LogP contribution in [0, 0.1) is 17.2 Å². The van der Waals surface area contributed by atoms with Gasteiger partial charge in [0, 0.05) is 5.56 Å². The van der Waals surface area contributed by atoms with Gasteiger partial charge in [0.1, 0.15) is 11.4 Å². The Morgan fingerprint density at radius 1 is 1.50 bits per heavy atom. The van der Waals surface area contributed by atoms with Gasteiger partial charge in [-0.2, -0.15) is 5.26 Å². The van der Waals surface area contributed by atoms with E-state index in [0.717, 1.165) is 5.56 Å². The van der Waals surface area contributed by atoms with Crippen LogP contribution in [0.3, 0.4) is 0 Å². The minimum Gasteiger partial charge on any atom is -0.469 e. The maximum Gasteiger partial charge on any atom is 0.308 e. The molecule has 0 spiro atoms. The molecule has 1 fully saturated rings. The van der Waals surface area contributed by atoms with Gasteiger partial charge < -0.3 is 4.74 Å². The highest BCUT2D eigenvalue weighted by Gasteiger charge is 2.43. The van der Waals surface area contributed by atoms with Crippen LogP contribution >= 0.6 is 0 Å². The number of benzene rings is 1. The highest BCUT2D eigenvalue weighted by molar-refractivity contribution is 5.72. The van der Waals surface area contributed by atoms with Crippen molar-refractivity contribution >= 4 is 5.97 Å². The molecule has 0 N–H and O–H groups in total. The zero-order chi connectivity index (χ0) is 17.2. The first-order valence-corrected chi connectivity index (χ1v) is 7.70. The Balaban J connectivity index is 1.70. The highest BCUT2D eigenvalue weighted by Crippen LogP contribution is 2.39. The standard InChI is InChI=1S/C17H17FN4O2/c1-24-16(23)14-6-7-17(18,8-14)11-22-10-15(20-21-22)13-4-2-12(9-19)3-5-13/h2-5,10,14H,6-8,11H2,1H3/t14-,17-/m1/s1. The summed E-state index contributed by atoms with van der Waals surface area (Å²) < 4.78 is 21.1. The van der Waals surface area contributed by atoms with E-state index in [2.05, 4.69) is 16.4 Å². The lowest BCUT2D eigenvalue weighted by molar-refractivity contribution is -0.145. The van der Waals surface area contributed by atoms with Crippen LogP contribution in [-0.4, -0.2) is 33.7 Å². The summed E-state index contributed by atoms with van der Waals surface area (Å²) in [6.45, 7) is 0.0593. The third-order valence-electron chi connectivity index (χ3n) is 4.38. The number of nitriles is 1. The Kier molecular flexibility index (Phi) is 4.30. The van der Waals surface area contributed by atoms with Crippen molar-refractivity contribution in [2.24, 2.45) is 5.92 Å². The van der Waals surface area contributed by atoms with Gasteiger partial charge in [-0.3, -0.25) is 4.79 Å². The Morgan fingerprint density at radius 2 is 2.25 bits per heavy atom. The van der Waals surface area contributed by atoms with E-state index in [1.54, 1.807) is 30.5 Å². The summed E-state index contributed by atoms with van der Waals surface area (Å²) in [6, 6.07) is 9.01. The molecule has 7 heteroatoms. The zero-order valence-electron chi connectivity index (χ0n) is 13.3. The normalized spacial score (nSPS) is 23.0. The molecular weight excluding hydrogens is 311 g/mol. The second kappa shape index (κ2) is 6.40. The van der Waals surface area contributed by atoms with Gasteiger partial charge >= 0.3 is 5.97 Å². The van der Waals surface area contributed by atoms with Crippen LogP contribution in [0.2, 0.25) is 0 Å². The van der Waals surface area contributed by atoms with Gasteiger partial charge in [-0.25, -0.2) is 9.07 Å². The molecule has 2 atom stereocenters. The van der Waals surface area contributed by atoms with Gasteiger partial charge in [0.25, 0.3) is 0 Å². The number of carbonyl (C=O) groups excluding carboxylic acids is 1. The van der Waals surface area contributed by atoms with Crippen molar-refractivity contribution in [3.8, 4) is 17.3 Å². The molecule has 24 heavy (non-hydrogen) atoms. The van der Waals surface area contributed by atoms with Gasteiger partial charge in [0.15, 0.2) is 0 Å². The number of aromatic nitrogens is 3. The number of methoxy groups -OCH3 is 1. The molecule has 0 aliphatic heterocycles. The van der Waals surface area contributed by atoms with E-state index in [9.17, 15) is 9.18 Å². The summed E-state index contributed by atoms with van der Waals surface area (Å²) in [5.74, 6) is -0.743. The Labute approximate surface area is 138 Å². The minimum atomic E-state index is -1.48. The van der Waals surface area contributed by atoms with Crippen molar-refractivity contribution < 1.29 is 13.9 Å². The van der Waals surface area contributed by atoms with Gasteiger partial charge in [-0.1, -0.05) is 17.3 Å². The van der Waals surface area contributed by atoms with Crippen LogP contribution in [0.25, 0.3) is 11.3 Å². The number of hydrogen-bond donors (Lipinski definition) is 0. The molecule has 1 aromatic heterocycles. The van der Waals surface area contributed by atoms with E-state index in [1.807, 2.05) is 0 Å². The zero-order valence-corrected chi connectivity index (χ0v) is 13.3. The van der Waals surface area contributed by atoms with E-state index in [1.165, 1.54) is 11.8 Å². The molecule has 0 radical (unpaired) electrons. The average molecular weight is 328 g/mol. The maximum absolute atomic E-state index is 14.9. The summed E-state index contributed by atoms with van der Waals surface area (Å²) in [5, 5.41) is 16.8. The third kappa shape index (κ3) is 3.27. The summed E-state index contributed by atoms with van der Waals surface area (Å²) in [7, 11) is 1.32. The number of ether oxygens (including phenoxy) is 1. The molecule has 0 unspecified atom stereocenters. The second-order valence-corrected chi connectivity index (χ2v) is 6.10. The summed E-state index contributed by atoms with van der Waals surface area (Å²) in [5.41, 5.74) is 0.514. The van der Waals surface area contributed by atoms with Crippen molar-refractivity contribution in [1.29, 1.82) is 5.26 Å². The quantitative estimate of drug-likeness (QED) is 0.806. The summed E-state index contributed by atoms with van der Waals surface area (Å²) >= 11 is 0. The van der Waals surface area contributed by atoms with E-state index >= 15 is 0 Å². The van der Waals surface area contributed by atoms with Gasteiger partial charge in [-0.05, 0) is 31.4 Å². The van der Waals surface area contributed by atoms with E-state index in [0.29, 0.717) is 24.1 Å². The van der Waals surface area contributed by atoms with E-state index < -0.39 is 5.67 Å². The van der Waals surface area contributed by atoms with Crippen LogP contribution < -0.4 is 0 Å². The fourth-order valence-corrected chi connectivity index (χ4v) is 3.10. The predicted octanol–water partition coefficient (Wildman–Crippen LogP) is 2.50. The number of esters is 1. The van der Waals surface area contributed by atoms with E-state index in [4.69, 9.17) is 10.00 Å². The van der Waals surface area contributed by atoms with Crippen LogP contribution in [0.4, 0.5) is 4.39 Å². The van der Waals surface area contributed by atoms with Gasteiger partial charge in [0.05, 0.1) is 37.4 Å². The maximum atomic E-state index is 14.9. The van der Waals surface area contributed by atoms with Crippen molar-refractivity contribution in [2.45, 2.75) is 31.5 Å². The molecule has 0 amide bonds. The summed E-state index contributed by atoms with van der Waals surface area (Å²) in [6.07, 6.45) is 2.61. The van der Waals surface area contributed by atoms with Gasteiger partial charge in [0.2, 0.25) is 0 Å². The first kappa shape index (κ1) is 16.1. The van der Waals surface area contributed by atoms with Crippen LogP contribution in [-0.2, 0) is 16.1 Å². The number of hydrogen-bond acceptors (Lipinski definition) is 5. The fraction of sp³-hybridized carbons (Fsp3) is 0.412. The molecule has 124 valence electrons. The number of halogens is 1. The Morgan fingerprint density at radius 3 is 2.92 bits per heavy atom. The molecule has 3 rings (SSSR count). The molecule has 1 saturated carbocycles. The van der Waals surface area contributed by atoms with E-state index in [-0.39, 0.29) is 24.9 Å². The molecule has 1 aliphatic rings. The summed E-state index contributed by atoms with van der Waals surface area (Å²) in [4.78, 5) is 11.5. The molecular formula is C17H17FN4O2. The first-order valence-electron chi connectivity index (χ1n) is 7.70. The van der Waals surface area contributed by atoms with Crippen LogP contribution in [0.1, 0.15) is 24.8 Å². The molecule has 6 nitrogen and oxygen atoms in total. The van der Waals surface area contributed by atoms with Crippen molar-refractivity contribution in [3.05, 3.63) is 36.0 Å². The lowest BCUT2D eigenvalue weighted by Gasteiger charge is -2.18. The van der Waals surface area contributed by atoms with Crippen molar-refractivity contribution in [2.75, 3.05) is 7.11 Å². The van der Waals surface area contributed by atoms with Crippen LogP contribution in [0.15, 0.2) is 30.5 Å². The minimum absolute atomic E-state index is 0.0593. The molecule has 0 bridgehead atoms. The first-order chi connectivity index (χ1) is 11.5. The largest absolute Gasteiger partial charge is 0.469 e. The van der Waals surface area contributed by atoms with Crippen molar-refractivity contribution in [3.63, 3.8) is 0 Å². The SMILES string of the molecule is COC(=O)[C@@H]1CC[C@](F)(Cn2cc(-c3ccc(C#N)cc3)nn2)C1. The number of carbonyl (C=O) groups is 1. The van der Waals surface area contributed by atoms with Crippen LogP contribution in [0.5, 0.6) is 0 Å². The molecule has 0 saturated heterocycles. The monoisotopic (exact) mass is 328 g/mol. The molecule has 2 aromatic rings. The Hall–Kier alpha value is -2.75. The molecule has 1 aromatic carbocycles. The fourth-order valence-electron chi connectivity index (χ4n) is 3.10. The smallest absolute Gasteiger partial charge is 0.308 e. The third-order valence-corrected chi connectivity index (χ3v) is 4.38. The van der Waals surface area contributed by atoms with Gasteiger partial charge in [-0.15, -0.1) is 5.10 Å². The number of alkyl halides is 1. The second-order valence-electron chi connectivity index (χ2n) is 6.10. The topological polar surface area (TPSA) is 80.8 Å². The lowest BCUT2D eigenvalue weighted by Crippen LogP contribution is -2.27.